The lowest BCUT2D eigenvalue weighted by Crippen LogP contribution is -2.13. The molecule has 0 aliphatic heterocycles. The highest BCUT2D eigenvalue weighted by molar-refractivity contribution is 5.37. The second-order valence-electron chi connectivity index (χ2n) is 5.27. The Balaban J connectivity index is 1.81. The van der Waals surface area contributed by atoms with Gasteiger partial charge in [-0.05, 0) is 48.9 Å². The summed E-state index contributed by atoms with van der Waals surface area (Å²) in [6.07, 6.45) is 6.78. The highest BCUT2D eigenvalue weighted by atomic mass is 16.5. The molecule has 1 aromatic rings. The molecule has 1 aliphatic carbocycles. The summed E-state index contributed by atoms with van der Waals surface area (Å²) < 4.78 is 5.83. The summed E-state index contributed by atoms with van der Waals surface area (Å²) >= 11 is 0. The Kier molecular flexibility index (Phi) is 4.78. The molecule has 0 N–H and O–H groups in total. The third kappa shape index (κ3) is 3.58. The quantitative estimate of drug-likeness (QED) is 0.801. The van der Waals surface area contributed by atoms with Crippen molar-refractivity contribution in [2.24, 2.45) is 5.92 Å². The molecule has 1 aliphatic rings. The molecule has 0 amide bonds. The molecule has 0 aromatic heterocycles. The fourth-order valence-electron chi connectivity index (χ4n) is 2.62. The average Bonchev–Trinajstić information content (AvgIpc) is 2.42. The normalized spacial score (nSPS) is 16.4. The average molecular weight is 243 g/mol. The van der Waals surface area contributed by atoms with Crippen LogP contribution in [0.2, 0.25) is 0 Å². The number of benzene rings is 1. The van der Waals surface area contributed by atoms with Crippen molar-refractivity contribution in [1.82, 2.24) is 0 Å². The molecule has 0 radical (unpaired) electrons. The van der Waals surface area contributed by atoms with E-state index in [9.17, 15) is 0 Å². The zero-order valence-electron chi connectivity index (χ0n) is 11.1. The number of aryl methyl sites for hydroxylation is 1. The lowest BCUT2D eigenvalue weighted by atomic mass is 9.90. The zero-order valence-corrected chi connectivity index (χ0v) is 11.1. The van der Waals surface area contributed by atoms with Gasteiger partial charge in [-0.25, -0.2) is 0 Å². The van der Waals surface area contributed by atoms with Crippen molar-refractivity contribution in [3.05, 3.63) is 34.9 Å². The Bertz CT molecular complexity index is 427. The predicted molar refractivity (Wildman–Crippen MR) is 72.1 cm³/mol. The molecule has 2 nitrogen and oxygen atoms in total. The summed E-state index contributed by atoms with van der Waals surface area (Å²) in [5, 5.41) is 8.82. The highest BCUT2D eigenvalue weighted by Crippen LogP contribution is 2.24. The first-order valence-electron chi connectivity index (χ1n) is 6.87. The first-order valence-corrected chi connectivity index (χ1v) is 6.87. The van der Waals surface area contributed by atoms with E-state index in [2.05, 4.69) is 6.07 Å². The van der Waals surface area contributed by atoms with Gasteiger partial charge in [-0.1, -0.05) is 25.3 Å². The van der Waals surface area contributed by atoms with E-state index < -0.39 is 0 Å². The third-order valence-electron chi connectivity index (χ3n) is 3.81. The van der Waals surface area contributed by atoms with Crippen molar-refractivity contribution in [2.45, 2.75) is 45.6 Å². The van der Waals surface area contributed by atoms with E-state index in [1.807, 2.05) is 25.1 Å². The minimum Gasteiger partial charge on any atom is -0.376 e. The number of hydrogen-bond donors (Lipinski definition) is 0. The van der Waals surface area contributed by atoms with Crippen LogP contribution >= 0.6 is 0 Å². The summed E-state index contributed by atoms with van der Waals surface area (Å²) in [7, 11) is 0. The van der Waals surface area contributed by atoms with Crippen LogP contribution in [0.15, 0.2) is 18.2 Å². The Morgan fingerprint density at radius 2 is 2.06 bits per heavy atom. The Morgan fingerprint density at radius 3 is 2.72 bits per heavy atom. The topological polar surface area (TPSA) is 33.0 Å². The van der Waals surface area contributed by atoms with E-state index in [0.29, 0.717) is 6.61 Å². The van der Waals surface area contributed by atoms with Gasteiger partial charge in [0.15, 0.2) is 0 Å². The largest absolute Gasteiger partial charge is 0.376 e. The molecule has 1 saturated carbocycles. The molecule has 2 rings (SSSR count). The van der Waals surface area contributed by atoms with Gasteiger partial charge in [-0.3, -0.25) is 0 Å². The van der Waals surface area contributed by atoms with Gasteiger partial charge in [-0.2, -0.15) is 5.26 Å². The molecule has 0 spiro atoms. The van der Waals surface area contributed by atoms with E-state index in [-0.39, 0.29) is 0 Å². The van der Waals surface area contributed by atoms with Crippen LogP contribution in [0, 0.1) is 24.2 Å². The number of ether oxygens (including phenoxy) is 1. The van der Waals surface area contributed by atoms with Gasteiger partial charge in [0.2, 0.25) is 0 Å². The lowest BCUT2D eigenvalue weighted by Gasteiger charge is -2.21. The molecule has 1 fully saturated rings. The van der Waals surface area contributed by atoms with Crippen molar-refractivity contribution >= 4 is 0 Å². The maximum atomic E-state index is 8.82. The van der Waals surface area contributed by atoms with E-state index in [1.54, 1.807) is 0 Å². The van der Waals surface area contributed by atoms with Gasteiger partial charge >= 0.3 is 0 Å². The minimum absolute atomic E-state index is 0.675. The predicted octanol–water partition coefficient (Wildman–Crippen LogP) is 3.96. The van der Waals surface area contributed by atoms with Crippen LogP contribution in [-0.2, 0) is 11.3 Å². The molecular weight excluding hydrogens is 222 g/mol. The van der Waals surface area contributed by atoms with Crippen molar-refractivity contribution in [2.75, 3.05) is 6.61 Å². The summed E-state index contributed by atoms with van der Waals surface area (Å²) in [5.74, 6) is 0.762. The van der Waals surface area contributed by atoms with Gasteiger partial charge in [0.25, 0.3) is 0 Å². The van der Waals surface area contributed by atoms with Gasteiger partial charge in [0.05, 0.1) is 18.2 Å². The lowest BCUT2D eigenvalue weighted by molar-refractivity contribution is 0.0736. The molecule has 18 heavy (non-hydrogen) atoms. The Hall–Kier alpha value is -1.33. The smallest absolute Gasteiger partial charge is 0.0991 e. The zero-order chi connectivity index (χ0) is 12.8. The van der Waals surface area contributed by atoms with E-state index in [0.717, 1.165) is 23.7 Å². The Morgan fingerprint density at radius 1 is 1.28 bits per heavy atom. The third-order valence-corrected chi connectivity index (χ3v) is 3.81. The van der Waals surface area contributed by atoms with Crippen molar-refractivity contribution in [3.8, 4) is 6.07 Å². The molecule has 0 unspecified atom stereocenters. The van der Waals surface area contributed by atoms with Gasteiger partial charge in [0, 0.05) is 6.61 Å². The molecular formula is C16H21NO. The fraction of sp³-hybridized carbons (Fsp3) is 0.562. The van der Waals surface area contributed by atoms with Crippen LogP contribution in [0.4, 0.5) is 0 Å². The van der Waals surface area contributed by atoms with Gasteiger partial charge in [-0.15, -0.1) is 0 Å². The fourth-order valence-corrected chi connectivity index (χ4v) is 2.62. The van der Waals surface area contributed by atoms with Gasteiger partial charge < -0.3 is 4.74 Å². The summed E-state index contributed by atoms with van der Waals surface area (Å²) in [6, 6.07) is 7.97. The number of nitrogens with zero attached hydrogens (tertiary/aromatic N) is 1. The minimum atomic E-state index is 0.675. The second kappa shape index (κ2) is 6.56. The number of hydrogen-bond acceptors (Lipinski definition) is 2. The second-order valence-corrected chi connectivity index (χ2v) is 5.27. The van der Waals surface area contributed by atoms with Crippen molar-refractivity contribution < 1.29 is 4.74 Å². The maximum Gasteiger partial charge on any atom is 0.0991 e. The van der Waals surface area contributed by atoms with Crippen LogP contribution < -0.4 is 0 Å². The first-order chi connectivity index (χ1) is 8.79. The molecule has 0 saturated heterocycles. The van der Waals surface area contributed by atoms with Crippen molar-refractivity contribution in [3.63, 3.8) is 0 Å². The van der Waals surface area contributed by atoms with Crippen LogP contribution in [0.3, 0.4) is 0 Å². The van der Waals surface area contributed by atoms with Crippen LogP contribution in [0.25, 0.3) is 0 Å². The molecule has 0 bridgehead atoms. The first kappa shape index (κ1) is 13.1. The standard InChI is InChI=1S/C16H21NO/c1-13-9-15(10-17)7-8-16(13)12-18-11-14-5-3-2-4-6-14/h7-9,14H,2-6,11-12H2,1H3. The Labute approximate surface area is 110 Å². The number of nitriles is 1. The van der Waals surface area contributed by atoms with E-state index in [4.69, 9.17) is 10.00 Å². The summed E-state index contributed by atoms with van der Waals surface area (Å²) in [6.45, 7) is 3.60. The summed E-state index contributed by atoms with van der Waals surface area (Å²) in [4.78, 5) is 0. The van der Waals surface area contributed by atoms with Gasteiger partial charge in [0.1, 0.15) is 0 Å². The maximum absolute atomic E-state index is 8.82. The van der Waals surface area contributed by atoms with Crippen LogP contribution in [0.1, 0.15) is 48.8 Å². The van der Waals surface area contributed by atoms with Crippen molar-refractivity contribution in [1.29, 1.82) is 5.26 Å². The van der Waals surface area contributed by atoms with Crippen LogP contribution in [0.5, 0.6) is 0 Å². The van der Waals surface area contributed by atoms with E-state index in [1.165, 1.54) is 37.7 Å². The molecule has 1 aromatic carbocycles. The monoisotopic (exact) mass is 243 g/mol. The summed E-state index contributed by atoms with van der Waals surface area (Å²) in [5.41, 5.74) is 3.08. The molecule has 96 valence electrons. The SMILES string of the molecule is Cc1cc(C#N)ccc1COCC1CCCCC1. The molecule has 0 heterocycles. The number of rotatable bonds is 4. The van der Waals surface area contributed by atoms with E-state index >= 15 is 0 Å². The molecule has 0 atom stereocenters. The van der Waals surface area contributed by atoms with Crippen LogP contribution in [-0.4, -0.2) is 6.61 Å². The molecule has 2 heteroatoms. The highest BCUT2D eigenvalue weighted by Gasteiger charge is 2.13.